The van der Waals surface area contributed by atoms with E-state index in [2.05, 4.69) is 12.2 Å². The van der Waals surface area contributed by atoms with E-state index in [9.17, 15) is 4.79 Å². The molecule has 0 aromatic rings. The Kier molecular flexibility index (Phi) is 2.27. The zero-order valence-electron chi connectivity index (χ0n) is 6.55. The van der Waals surface area contributed by atoms with Crippen molar-refractivity contribution in [3.63, 3.8) is 0 Å². The molecular weight excluding hydrogens is 128 g/mol. The maximum absolute atomic E-state index is 10.8. The van der Waals surface area contributed by atoms with E-state index in [1.807, 2.05) is 4.90 Å². The summed E-state index contributed by atoms with van der Waals surface area (Å²) in [5, 5.41) is 3.27. The minimum Gasteiger partial charge on any atom is -0.340 e. The van der Waals surface area contributed by atoms with Crippen LogP contribution in [0.15, 0.2) is 0 Å². The van der Waals surface area contributed by atoms with Gasteiger partial charge in [0.1, 0.15) is 0 Å². The van der Waals surface area contributed by atoms with E-state index in [4.69, 9.17) is 0 Å². The van der Waals surface area contributed by atoms with E-state index in [-0.39, 0.29) is 5.91 Å². The van der Waals surface area contributed by atoms with E-state index in [0.29, 0.717) is 6.04 Å². The van der Waals surface area contributed by atoms with Gasteiger partial charge in [-0.15, -0.1) is 0 Å². The number of hydrogen-bond donors (Lipinski definition) is 1. The van der Waals surface area contributed by atoms with Crippen molar-refractivity contribution < 1.29 is 4.79 Å². The van der Waals surface area contributed by atoms with E-state index < -0.39 is 0 Å². The van der Waals surface area contributed by atoms with Gasteiger partial charge in [-0.1, -0.05) is 0 Å². The number of carbonyl (C=O) groups excluding carboxylic acids is 1. The Balaban J connectivity index is 2.39. The van der Waals surface area contributed by atoms with Gasteiger partial charge in [0.15, 0.2) is 0 Å². The van der Waals surface area contributed by atoms with E-state index in [1.54, 1.807) is 6.92 Å². The lowest BCUT2D eigenvalue weighted by atomic mass is 10.2. The average molecular weight is 142 g/mol. The van der Waals surface area contributed by atoms with Crippen molar-refractivity contribution in [2.24, 2.45) is 0 Å². The standard InChI is InChI=1S/C7H14N2O/c1-6-5-9(7(2)10)4-3-8-6/h6,8H,3-5H2,1-2H3. The topological polar surface area (TPSA) is 32.3 Å². The van der Waals surface area contributed by atoms with Crippen molar-refractivity contribution in [3.8, 4) is 0 Å². The molecule has 0 bridgehead atoms. The first-order valence-electron chi connectivity index (χ1n) is 3.69. The van der Waals surface area contributed by atoms with Crippen molar-refractivity contribution in [1.82, 2.24) is 10.2 Å². The number of nitrogens with zero attached hydrogens (tertiary/aromatic N) is 1. The lowest BCUT2D eigenvalue weighted by Crippen LogP contribution is -2.50. The van der Waals surface area contributed by atoms with Crippen LogP contribution in [0.2, 0.25) is 0 Å². The molecule has 0 spiro atoms. The highest BCUT2D eigenvalue weighted by molar-refractivity contribution is 5.73. The summed E-state index contributed by atoms with van der Waals surface area (Å²) in [5.41, 5.74) is 0. The third-order valence-corrected chi connectivity index (χ3v) is 1.81. The first-order valence-corrected chi connectivity index (χ1v) is 3.69. The van der Waals surface area contributed by atoms with Crippen LogP contribution in [0.25, 0.3) is 0 Å². The third-order valence-electron chi connectivity index (χ3n) is 1.81. The second kappa shape index (κ2) is 3.01. The minimum atomic E-state index is 0.188. The van der Waals surface area contributed by atoms with E-state index >= 15 is 0 Å². The fraction of sp³-hybridized carbons (Fsp3) is 0.857. The molecule has 10 heavy (non-hydrogen) atoms. The Morgan fingerprint density at radius 1 is 1.70 bits per heavy atom. The highest BCUT2D eigenvalue weighted by atomic mass is 16.2. The first-order chi connectivity index (χ1) is 4.70. The quantitative estimate of drug-likeness (QED) is 0.509. The number of nitrogens with one attached hydrogen (secondary N) is 1. The fourth-order valence-electron chi connectivity index (χ4n) is 1.22. The second-order valence-electron chi connectivity index (χ2n) is 2.82. The Bertz CT molecular complexity index is 136. The first kappa shape index (κ1) is 7.54. The number of piperazine rings is 1. The van der Waals surface area contributed by atoms with Gasteiger partial charge in [0, 0.05) is 32.6 Å². The molecular formula is C7H14N2O. The molecule has 1 saturated heterocycles. The Morgan fingerprint density at radius 3 is 2.80 bits per heavy atom. The van der Waals surface area contributed by atoms with Crippen LogP contribution >= 0.6 is 0 Å². The van der Waals surface area contributed by atoms with Gasteiger partial charge in [-0.2, -0.15) is 0 Å². The third kappa shape index (κ3) is 1.70. The highest BCUT2D eigenvalue weighted by Gasteiger charge is 2.16. The smallest absolute Gasteiger partial charge is 0.219 e. The van der Waals surface area contributed by atoms with E-state index in [0.717, 1.165) is 19.6 Å². The van der Waals surface area contributed by atoms with Crippen molar-refractivity contribution in [1.29, 1.82) is 0 Å². The molecule has 1 atom stereocenters. The Labute approximate surface area is 61.4 Å². The second-order valence-corrected chi connectivity index (χ2v) is 2.82. The molecule has 3 heteroatoms. The van der Waals surface area contributed by atoms with Gasteiger partial charge in [-0.05, 0) is 6.92 Å². The molecule has 1 amide bonds. The largest absolute Gasteiger partial charge is 0.340 e. The van der Waals surface area contributed by atoms with Crippen molar-refractivity contribution in [3.05, 3.63) is 0 Å². The van der Waals surface area contributed by atoms with Crippen LogP contribution in [0.4, 0.5) is 0 Å². The molecule has 3 nitrogen and oxygen atoms in total. The van der Waals surface area contributed by atoms with Gasteiger partial charge in [-0.3, -0.25) is 4.79 Å². The molecule has 1 unspecified atom stereocenters. The van der Waals surface area contributed by atoms with Gasteiger partial charge >= 0.3 is 0 Å². The van der Waals surface area contributed by atoms with Crippen LogP contribution in [0, 0.1) is 0 Å². The summed E-state index contributed by atoms with van der Waals surface area (Å²) in [6.07, 6.45) is 0. The fourth-order valence-corrected chi connectivity index (χ4v) is 1.22. The van der Waals surface area contributed by atoms with Gasteiger partial charge in [0.05, 0.1) is 0 Å². The molecule has 1 rings (SSSR count). The van der Waals surface area contributed by atoms with Gasteiger partial charge in [0.2, 0.25) is 5.91 Å². The maximum atomic E-state index is 10.8. The monoisotopic (exact) mass is 142 g/mol. The average Bonchev–Trinajstić information content (AvgIpc) is 1.88. The van der Waals surface area contributed by atoms with Crippen LogP contribution < -0.4 is 5.32 Å². The van der Waals surface area contributed by atoms with Crippen molar-refractivity contribution in [2.75, 3.05) is 19.6 Å². The molecule has 1 heterocycles. The summed E-state index contributed by atoms with van der Waals surface area (Å²) in [7, 11) is 0. The Hall–Kier alpha value is -0.570. The normalized spacial score (nSPS) is 26.6. The molecule has 0 aromatic heterocycles. The lowest BCUT2D eigenvalue weighted by molar-refractivity contribution is -0.129. The molecule has 1 fully saturated rings. The van der Waals surface area contributed by atoms with E-state index in [1.165, 1.54) is 0 Å². The highest BCUT2D eigenvalue weighted by Crippen LogP contribution is 1.97. The predicted octanol–water partition coefficient (Wildman–Crippen LogP) is -0.173. The summed E-state index contributed by atoms with van der Waals surface area (Å²) in [6, 6.07) is 0.456. The molecule has 1 aliphatic rings. The summed E-state index contributed by atoms with van der Waals surface area (Å²) >= 11 is 0. The Morgan fingerprint density at radius 2 is 2.40 bits per heavy atom. The molecule has 58 valence electrons. The zero-order valence-corrected chi connectivity index (χ0v) is 6.55. The minimum absolute atomic E-state index is 0.188. The van der Waals surface area contributed by atoms with Gasteiger partial charge in [0.25, 0.3) is 0 Å². The summed E-state index contributed by atoms with van der Waals surface area (Å²) < 4.78 is 0. The summed E-state index contributed by atoms with van der Waals surface area (Å²) in [5.74, 6) is 0.188. The number of carbonyl (C=O) groups is 1. The van der Waals surface area contributed by atoms with Crippen LogP contribution in [0.3, 0.4) is 0 Å². The van der Waals surface area contributed by atoms with Crippen LogP contribution in [-0.4, -0.2) is 36.5 Å². The molecule has 1 N–H and O–H groups in total. The molecule has 0 aliphatic carbocycles. The SMILES string of the molecule is CC(=O)N1CCNC(C)C1. The van der Waals surface area contributed by atoms with Crippen molar-refractivity contribution in [2.45, 2.75) is 19.9 Å². The molecule has 0 saturated carbocycles. The van der Waals surface area contributed by atoms with Crippen LogP contribution in [-0.2, 0) is 4.79 Å². The number of amides is 1. The molecule has 0 aromatic carbocycles. The number of rotatable bonds is 0. The lowest BCUT2D eigenvalue weighted by Gasteiger charge is -2.30. The van der Waals surface area contributed by atoms with Crippen LogP contribution in [0.5, 0.6) is 0 Å². The molecule has 0 radical (unpaired) electrons. The van der Waals surface area contributed by atoms with Crippen molar-refractivity contribution >= 4 is 5.91 Å². The van der Waals surface area contributed by atoms with Gasteiger partial charge in [-0.25, -0.2) is 0 Å². The van der Waals surface area contributed by atoms with Crippen LogP contribution in [0.1, 0.15) is 13.8 Å². The number of hydrogen-bond acceptors (Lipinski definition) is 2. The summed E-state index contributed by atoms with van der Waals surface area (Å²) in [4.78, 5) is 12.7. The predicted molar refractivity (Wildman–Crippen MR) is 39.7 cm³/mol. The molecule has 1 aliphatic heterocycles. The zero-order chi connectivity index (χ0) is 7.56. The van der Waals surface area contributed by atoms with Gasteiger partial charge < -0.3 is 10.2 Å². The summed E-state index contributed by atoms with van der Waals surface area (Å²) in [6.45, 7) is 6.36. The maximum Gasteiger partial charge on any atom is 0.219 e.